The molecule has 1 aromatic heterocycles. The maximum absolute atomic E-state index is 11.8. The van der Waals surface area contributed by atoms with Crippen molar-refractivity contribution in [2.45, 2.75) is 12.2 Å². The first-order valence-corrected chi connectivity index (χ1v) is 8.49. The van der Waals surface area contributed by atoms with Gasteiger partial charge in [-0.05, 0) is 44.8 Å². The highest BCUT2D eigenvalue weighted by Gasteiger charge is 2.15. The van der Waals surface area contributed by atoms with Gasteiger partial charge >= 0.3 is 0 Å². The summed E-state index contributed by atoms with van der Waals surface area (Å²) in [5.41, 5.74) is 0.603. The molecule has 0 radical (unpaired) electrons. The van der Waals surface area contributed by atoms with Crippen molar-refractivity contribution in [3.63, 3.8) is 0 Å². The van der Waals surface area contributed by atoms with Crippen LogP contribution in [0.4, 0.5) is 0 Å². The Labute approximate surface area is 118 Å². The molecule has 1 aromatic rings. The molecule has 2 atom stereocenters. The number of hydrogen-bond acceptors (Lipinski definition) is 3. The van der Waals surface area contributed by atoms with Gasteiger partial charge in [-0.2, -0.15) is 0 Å². The summed E-state index contributed by atoms with van der Waals surface area (Å²) in [6.07, 6.45) is 1.63. The average molecular weight is 389 g/mol. The summed E-state index contributed by atoms with van der Waals surface area (Å²) in [6, 6.07) is 1.76. The molecule has 0 aliphatic heterocycles. The average Bonchev–Trinajstić information content (AvgIpc) is 2.53. The number of rotatable bonds is 4. The molecule has 1 amide bonds. The van der Waals surface area contributed by atoms with Crippen molar-refractivity contribution < 1.29 is 9.00 Å². The van der Waals surface area contributed by atoms with Crippen LogP contribution in [-0.4, -0.2) is 28.2 Å². The number of amides is 1. The molecule has 2 unspecified atom stereocenters. The van der Waals surface area contributed by atoms with Crippen molar-refractivity contribution in [2.75, 3.05) is 12.8 Å². The summed E-state index contributed by atoms with van der Waals surface area (Å²) in [6.45, 7) is 2.26. The number of hydrogen-bond donors (Lipinski definition) is 1. The molecular weight excluding hydrogens is 378 g/mol. The SMILES string of the molecule is CC(CNC(=O)c1cc(Br)sc1Br)S(C)=O. The van der Waals surface area contributed by atoms with Crippen LogP contribution in [0.5, 0.6) is 0 Å². The Kier molecular flexibility index (Phi) is 5.63. The molecule has 0 aliphatic rings. The Morgan fingerprint density at radius 2 is 2.25 bits per heavy atom. The van der Waals surface area contributed by atoms with Gasteiger partial charge in [0.1, 0.15) is 0 Å². The first-order chi connectivity index (χ1) is 7.41. The van der Waals surface area contributed by atoms with Crippen molar-refractivity contribution in [2.24, 2.45) is 0 Å². The molecule has 0 bridgehead atoms. The summed E-state index contributed by atoms with van der Waals surface area (Å²) < 4.78 is 12.8. The molecule has 0 fully saturated rings. The third-order valence-electron chi connectivity index (χ3n) is 2.02. The van der Waals surface area contributed by atoms with Crippen LogP contribution in [0.1, 0.15) is 17.3 Å². The number of carbonyl (C=O) groups excluding carboxylic acids is 1. The molecule has 90 valence electrons. The second kappa shape index (κ2) is 6.28. The van der Waals surface area contributed by atoms with E-state index in [0.717, 1.165) is 7.57 Å². The van der Waals surface area contributed by atoms with Gasteiger partial charge in [-0.25, -0.2) is 0 Å². The Hall–Kier alpha value is 0.280. The highest BCUT2D eigenvalue weighted by molar-refractivity contribution is 9.12. The van der Waals surface area contributed by atoms with E-state index in [0.29, 0.717) is 12.1 Å². The van der Waals surface area contributed by atoms with Crippen molar-refractivity contribution >= 4 is 59.9 Å². The Morgan fingerprint density at radius 3 is 2.69 bits per heavy atom. The summed E-state index contributed by atoms with van der Waals surface area (Å²) >= 11 is 8.09. The van der Waals surface area contributed by atoms with Gasteiger partial charge in [0.25, 0.3) is 5.91 Å². The van der Waals surface area contributed by atoms with Crippen molar-refractivity contribution in [1.29, 1.82) is 0 Å². The molecule has 1 heterocycles. The molecule has 0 saturated carbocycles. The number of carbonyl (C=O) groups is 1. The maximum atomic E-state index is 11.8. The zero-order chi connectivity index (χ0) is 12.3. The maximum Gasteiger partial charge on any atom is 0.253 e. The largest absolute Gasteiger partial charge is 0.351 e. The van der Waals surface area contributed by atoms with Gasteiger partial charge in [0.15, 0.2) is 0 Å². The van der Waals surface area contributed by atoms with E-state index in [2.05, 4.69) is 37.2 Å². The van der Waals surface area contributed by atoms with Crippen LogP contribution in [0.25, 0.3) is 0 Å². The molecule has 16 heavy (non-hydrogen) atoms. The molecule has 0 aliphatic carbocycles. The topological polar surface area (TPSA) is 46.2 Å². The fourth-order valence-corrected chi connectivity index (χ4v) is 4.06. The second-order valence-electron chi connectivity index (χ2n) is 3.26. The van der Waals surface area contributed by atoms with E-state index < -0.39 is 10.8 Å². The normalized spacial score (nSPS) is 14.5. The smallest absolute Gasteiger partial charge is 0.253 e. The first-order valence-electron chi connectivity index (χ1n) is 4.47. The summed E-state index contributed by atoms with van der Waals surface area (Å²) in [5.74, 6) is -0.147. The lowest BCUT2D eigenvalue weighted by Gasteiger charge is -2.09. The molecule has 1 rings (SSSR count). The van der Waals surface area contributed by atoms with Gasteiger partial charge in [-0.1, -0.05) is 0 Å². The third kappa shape index (κ3) is 3.94. The molecule has 3 nitrogen and oxygen atoms in total. The lowest BCUT2D eigenvalue weighted by atomic mass is 10.3. The van der Waals surface area contributed by atoms with E-state index in [1.807, 2.05) is 6.92 Å². The zero-order valence-electron chi connectivity index (χ0n) is 8.75. The van der Waals surface area contributed by atoms with Crippen molar-refractivity contribution in [3.05, 3.63) is 19.2 Å². The first kappa shape index (κ1) is 14.3. The quantitative estimate of drug-likeness (QED) is 0.861. The van der Waals surface area contributed by atoms with Gasteiger partial charge in [0.05, 0.1) is 13.1 Å². The van der Waals surface area contributed by atoms with Gasteiger partial charge in [0.2, 0.25) is 0 Å². The van der Waals surface area contributed by atoms with Crippen LogP contribution >= 0.6 is 43.2 Å². The molecule has 0 aromatic carbocycles. The Bertz CT molecular complexity index is 420. The number of halogens is 2. The fourth-order valence-electron chi connectivity index (χ4n) is 0.944. The second-order valence-corrected chi connectivity index (χ2v) is 8.81. The van der Waals surface area contributed by atoms with E-state index in [4.69, 9.17) is 0 Å². The standard InChI is InChI=1S/C9H11Br2NO2S2/c1-5(16(2)14)4-12-9(13)6-3-7(10)15-8(6)11/h3,5H,4H2,1-2H3,(H,12,13). The number of thiophene rings is 1. The van der Waals surface area contributed by atoms with E-state index in [-0.39, 0.29) is 11.2 Å². The minimum absolute atomic E-state index is 0.0372. The monoisotopic (exact) mass is 387 g/mol. The van der Waals surface area contributed by atoms with Crippen LogP contribution in [-0.2, 0) is 10.8 Å². The molecule has 7 heteroatoms. The highest BCUT2D eigenvalue weighted by Crippen LogP contribution is 2.31. The van der Waals surface area contributed by atoms with Gasteiger partial charge in [-0.15, -0.1) is 11.3 Å². The molecule has 1 N–H and O–H groups in total. The lowest BCUT2D eigenvalue weighted by molar-refractivity contribution is 0.0954. The van der Waals surface area contributed by atoms with Crippen molar-refractivity contribution in [3.8, 4) is 0 Å². The van der Waals surface area contributed by atoms with Crippen LogP contribution in [0.3, 0.4) is 0 Å². The van der Waals surface area contributed by atoms with E-state index in [1.54, 1.807) is 12.3 Å². The molecule has 0 spiro atoms. The minimum atomic E-state index is -0.916. The fraction of sp³-hybridized carbons (Fsp3) is 0.444. The molecule has 0 saturated heterocycles. The minimum Gasteiger partial charge on any atom is -0.351 e. The molecular formula is C9H11Br2NO2S2. The van der Waals surface area contributed by atoms with Crippen molar-refractivity contribution in [1.82, 2.24) is 5.32 Å². The van der Waals surface area contributed by atoms with E-state index in [1.165, 1.54) is 11.3 Å². The summed E-state index contributed by atoms with van der Waals surface area (Å²) in [7, 11) is -0.916. The van der Waals surface area contributed by atoms with Gasteiger partial charge in [-0.3, -0.25) is 9.00 Å². The van der Waals surface area contributed by atoms with Crippen LogP contribution in [0, 0.1) is 0 Å². The van der Waals surface area contributed by atoms with Gasteiger partial charge in [0, 0.05) is 28.9 Å². The Balaban J connectivity index is 2.60. The third-order valence-corrected chi connectivity index (χ3v) is 5.66. The van der Waals surface area contributed by atoms with E-state index in [9.17, 15) is 9.00 Å². The summed E-state index contributed by atoms with van der Waals surface area (Å²) in [4.78, 5) is 11.8. The van der Waals surface area contributed by atoms with Gasteiger partial charge < -0.3 is 5.32 Å². The highest BCUT2D eigenvalue weighted by atomic mass is 79.9. The zero-order valence-corrected chi connectivity index (χ0v) is 13.6. The van der Waals surface area contributed by atoms with Crippen LogP contribution in [0.15, 0.2) is 13.6 Å². The van der Waals surface area contributed by atoms with E-state index >= 15 is 0 Å². The lowest BCUT2D eigenvalue weighted by Crippen LogP contribution is -2.32. The predicted molar refractivity (Wildman–Crippen MR) is 75.6 cm³/mol. The Morgan fingerprint density at radius 1 is 1.62 bits per heavy atom. The van der Waals surface area contributed by atoms with Crippen LogP contribution in [0.2, 0.25) is 0 Å². The summed E-state index contributed by atoms with van der Waals surface area (Å²) in [5, 5.41) is 2.72. The number of nitrogens with one attached hydrogen (secondary N) is 1. The van der Waals surface area contributed by atoms with Crippen LogP contribution < -0.4 is 5.32 Å². The predicted octanol–water partition coefficient (Wildman–Crippen LogP) is 2.77.